The van der Waals surface area contributed by atoms with Crippen LogP contribution in [-0.4, -0.2) is 73.0 Å². The van der Waals surface area contributed by atoms with Crippen LogP contribution in [0.4, 0.5) is 0 Å². The van der Waals surface area contributed by atoms with Crippen molar-refractivity contribution in [2.24, 2.45) is 5.92 Å². The molecule has 1 aliphatic rings. The van der Waals surface area contributed by atoms with Crippen molar-refractivity contribution >= 4 is 0 Å². The van der Waals surface area contributed by atoms with E-state index in [2.05, 4.69) is 37.5 Å². The molecule has 0 aromatic rings. The molecule has 0 aromatic carbocycles. The maximum absolute atomic E-state index is 8.98. The van der Waals surface area contributed by atoms with Gasteiger partial charge in [-0.3, -0.25) is 9.80 Å². The van der Waals surface area contributed by atoms with Gasteiger partial charge in [0.25, 0.3) is 0 Å². The summed E-state index contributed by atoms with van der Waals surface area (Å²) in [7, 11) is 0. The Labute approximate surface area is 118 Å². The zero-order valence-electron chi connectivity index (χ0n) is 13.1. The second-order valence-corrected chi connectivity index (χ2v) is 6.31. The van der Waals surface area contributed by atoms with Gasteiger partial charge in [0.15, 0.2) is 0 Å². The molecule has 0 amide bonds. The van der Waals surface area contributed by atoms with Gasteiger partial charge in [-0.1, -0.05) is 13.8 Å². The first-order valence-corrected chi connectivity index (χ1v) is 7.71. The SMILES string of the molecule is CC(C)CN1CCOC(CN(CCCO)C(C)C)C1. The lowest BCUT2D eigenvalue weighted by molar-refractivity contribution is -0.0500. The van der Waals surface area contributed by atoms with Gasteiger partial charge in [-0.2, -0.15) is 0 Å². The van der Waals surface area contributed by atoms with E-state index in [0.29, 0.717) is 18.1 Å². The van der Waals surface area contributed by atoms with Crippen LogP contribution in [0.25, 0.3) is 0 Å². The zero-order chi connectivity index (χ0) is 14.3. The fourth-order valence-corrected chi connectivity index (χ4v) is 2.67. The Bertz CT molecular complexity index is 234. The summed E-state index contributed by atoms with van der Waals surface area (Å²) in [6.45, 7) is 15.3. The molecule has 19 heavy (non-hydrogen) atoms. The van der Waals surface area contributed by atoms with Gasteiger partial charge in [-0.05, 0) is 26.2 Å². The summed E-state index contributed by atoms with van der Waals surface area (Å²) in [5, 5.41) is 8.98. The maximum Gasteiger partial charge on any atom is 0.0829 e. The van der Waals surface area contributed by atoms with E-state index in [0.717, 1.165) is 45.8 Å². The lowest BCUT2D eigenvalue weighted by Crippen LogP contribution is -2.49. The molecule has 4 heteroatoms. The first kappa shape index (κ1) is 16.9. The van der Waals surface area contributed by atoms with Gasteiger partial charge in [0.05, 0.1) is 12.7 Å². The van der Waals surface area contributed by atoms with E-state index in [1.54, 1.807) is 0 Å². The third kappa shape index (κ3) is 6.70. The third-order valence-electron chi connectivity index (χ3n) is 3.62. The molecule has 1 N–H and O–H groups in total. The van der Waals surface area contributed by atoms with E-state index < -0.39 is 0 Å². The third-order valence-corrected chi connectivity index (χ3v) is 3.62. The van der Waals surface area contributed by atoms with Gasteiger partial charge in [0, 0.05) is 45.4 Å². The average molecular weight is 272 g/mol. The minimum atomic E-state index is 0.272. The molecule has 1 aliphatic heterocycles. The van der Waals surface area contributed by atoms with Crippen molar-refractivity contribution in [2.45, 2.75) is 46.3 Å². The summed E-state index contributed by atoms with van der Waals surface area (Å²) in [5.74, 6) is 0.717. The van der Waals surface area contributed by atoms with Crippen LogP contribution in [0.3, 0.4) is 0 Å². The predicted molar refractivity (Wildman–Crippen MR) is 79.4 cm³/mol. The molecule has 114 valence electrons. The molecule has 1 unspecified atom stereocenters. The molecule has 4 nitrogen and oxygen atoms in total. The van der Waals surface area contributed by atoms with Gasteiger partial charge >= 0.3 is 0 Å². The Kier molecular flexibility index (Phi) is 7.91. The molecule has 0 bridgehead atoms. The van der Waals surface area contributed by atoms with Crippen molar-refractivity contribution in [3.63, 3.8) is 0 Å². The molecule has 1 rings (SSSR count). The van der Waals surface area contributed by atoms with Gasteiger partial charge in [-0.15, -0.1) is 0 Å². The number of rotatable bonds is 8. The smallest absolute Gasteiger partial charge is 0.0829 e. The minimum absolute atomic E-state index is 0.272. The zero-order valence-corrected chi connectivity index (χ0v) is 13.1. The number of ether oxygens (including phenoxy) is 1. The Hall–Kier alpha value is -0.160. The van der Waals surface area contributed by atoms with Crippen LogP contribution < -0.4 is 0 Å². The Morgan fingerprint density at radius 1 is 1.32 bits per heavy atom. The molecule has 0 radical (unpaired) electrons. The summed E-state index contributed by atoms with van der Waals surface area (Å²) in [5.41, 5.74) is 0. The Morgan fingerprint density at radius 2 is 2.05 bits per heavy atom. The summed E-state index contributed by atoms with van der Waals surface area (Å²) in [6, 6.07) is 0.510. The van der Waals surface area contributed by atoms with Crippen molar-refractivity contribution in [3.05, 3.63) is 0 Å². The lowest BCUT2D eigenvalue weighted by Gasteiger charge is -2.37. The molecule has 1 atom stereocenters. The minimum Gasteiger partial charge on any atom is -0.396 e. The molecule has 1 fully saturated rings. The van der Waals surface area contributed by atoms with Crippen molar-refractivity contribution in [1.82, 2.24) is 9.80 Å². The predicted octanol–water partition coefficient (Wildman–Crippen LogP) is 1.44. The first-order chi connectivity index (χ1) is 9.02. The van der Waals surface area contributed by atoms with E-state index in [1.165, 1.54) is 0 Å². The standard InChI is InChI=1S/C15H32N2O2/c1-13(2)10-16-7-9-19-15(11-16)12-17(14(3)4)6-5-8-18/h13-15,18H,5-12H2,1-4H3. The van der Waals surface area contributed by atoms with E-state index in [1.807, 2.05) is 0 Å². The lowest BCUT2D eigenvalue weighted by atomic mass is 10.1. The van der Waals surface area contributed by atoms with Crippen molar-refractivity contribution in [3.8, 4) is 0 Å². The fourth-order valence-electron chi connectivity index (χ4n) is 2.67. The van der Waals surface area contributed by atoms with Crippen LogP contribution in [-0.2, 0) is 4.74 Å². The van der Waals surface area contributed by atoms with Crippen LogP contribution >= 0.6 is 0 Å². The largest absolute Gasteiger partial charge is 0.396 e. The van der Waals surface area contributed by atoms with Crippen LogP contribution in [0.15, 0.2) is 0 Å². The summed E-state index contributed by atoms with van der Waals surface area (Å²) in [4.78, 5) is 4.93. The maximum atomic E-state index is 8.98. The number of nitrogens with zero attached hydrogens (tertiary/aromatic N) is 2. The van der Waals surface area contributed by atoms with E-state index >= 15 is 0 Å². The highest BCUT2D eigenvalue weighted by molar-refractivity contribution is 4.77. The molecule has 0 spiro atoms. The number of morpholine rings is 1. The second-order valence-electron chi connectivity index (χ2n) is 6.31. The highest BCUT2D eigenvalue weighted by Crippen LogP contribution is 2.11. The van der Waals surface area contributed by atoms with E-state index in [4.69, 9.17) is 9.84 Å². The molecule has 0 saturated carbocycles. The Morgan fingerprint density at radius 3 is 2.63 bits per heavy atom. The fraction of sp³-hybridized carbons (Fsp3) is 1.00. The molecular weight excluding hydrogens is 240 g/mol. The summed E-state index contributed by atoms with van der Waals surface area (Å²) < 4.78 is 5.90. The Balaban J connectivity index is 2.40. The molecule has 1 heterocycles. The number of aliphatic hydroxyl groups excluding tert-OH is 1. The van der Waals surface area contributed by atoms with Crippen LogP contribution in [0.5, 0.6) is 0 Å². The van der Waals surface area contributed by atoms with Gasteiger partial charge < -0.3 is 9.84 Å². The van der Waals surface area contributed by atoms with Crippen molar-refractivity contribution < 1.29 is 9.84 Å². The molecule has 1 saturated heterocycles. The molecule has 0 aliphatic carbocycles. The monoisotopic (exact) mass is 272 g/mol. The number of aliphatic hydroxyl groups is 1. The highest BCUT2D eigenvalue weighted by atomic mass is 16.5. The number of hydrogen-bond acceptors (Lipinski definition) is 4. The first-order valence-electron chi connectivity index (χ1n) is 7.71. The van der Waals surface area contributed by atoms with E-state index in [9.17, 15) is 0 Å². The molecular formula is C15H32N2O2. The van der Waals surface area contributed by atoms with Crippen LogP contribution in [0.2, 0.25) is 0 Å². The van der Waals surface area contributed by atoms with Crippen molar-refractivity contribution in [1.29, 1.82) is 0 Å². The van der Waals surface area contributed by atoms with E-state index in [-0.39, 0.29) is 6.61 Å². The topological polar surface area (TPSA) is 35.9 Å². The van der Waals surface area contributed by atoms with Gasteiger partial charge in [0.2, 0.25) is 0 Å². The highest BCUT2D eigenvalue weighted by Gasteiger charge is 2.23. The quantitative estimate of drug-likeness (QED) is 0.725. The summed E-state index contributed by atoms with van der Waals surface area (Å²) in [6.07, 6.45) is 1.16. The second kappa shape index (κ2) is 8.90. The van der Waals surface area contributed by atoms with Crippen LogP contribution in [0, 0.1) is 5.92 Å². The van der Waals surface area contributed by atoms with Gasteiger partial charge in [0.1, 0.15) is 0 Å². The van der Waals surface area contributed by atoms with Crippen LogP contribution in [0.1, 0.15) is 34.1 Å². The molecule has 0 aromatic heterocycles. The van der Waals surface area contributed by atoms with Gasteiger partial charge in [-0.25, -0.2) is 0 Å². The normalized spacial score (nSPS) is 21.8. The van der Waals surface area contributed by atoms with Crippen molar-refractivity contribution in [2.75, 3.05) is 45.9 Å². The summed E-state index contributed by atoms with van der Waals surface area (Å²) >= 11 is 0. The number of hydrogen-bond donors (Lipinski definition) is 1. The average Bonchev–Trinajstić information content (AvgIpc) is 2.33.